The van der Waals surface area contributed by atoms with Crippen LogP contribution in [0, 0.1) is 0 Å². The van der Waals surface area contributed by atoms with E-state index >= 15 is 0 Å². The van der Waals surface area contributed by atoms with Gasteiger partial charge in [0.2, 0.25) is 5.28 Å². The smallest absolute Gasteiger partial charge is 0.225 e. The summed E-state index contributed by atoms with van der Waals surface area (Å²) in [5, 5.41) is 17.5. The summed E-state index contributed by atoms with van der Waals surface area (Å²) >= 11 is 15.8. The molecule has 30 heavy (non-hydrogen) atoms. The molecule has 1 aromatic carbocycles. The van der Waals surface area contributed by atoms with Gasteiger partial charge in [0, 0.05) is 16.7 Å². The lowest BCUT2D eigenvalue weighted by Gasteiger charge is -2.15. The highest BCUT2D eigenvalue weighted by molar-refractivity contribution is 9.10. The van der Waals surface area contributed by atoms with Crippen LogP contribution < -0.4 is 4.74 Å². The highest BCUT2D eigenvalue weighted by atomic mass is 79.9. The van der Waals surface area contributed by atoms with E-state index in [4.69, 9.17) is 38.2 Å². The summed E-state index contributed by atoms with van der Waals surface area (Å²) in [4.78, 5) is 8.46. The summed E-state index contributed by atoms with van der Waals surface area (Å²) < 4.78 is 8.43. The molecule has 1 aliphatic carbocycles. The van der Waals surface area contributed by atoms with Crippen molar-refractivity contribution in [2.75, 3.05) is 7.11 Å². The zero-order valence-corrected chi connectivity index (χ0v) is 20.0. The van der Waals surface area contributed by atoms with E-state index < -0.39 is 5.79 Å². The van der Waals surface area contributed by atoms with Gasteiger partial charge >= 0.3 is 0 Å². The molecule has 1 aliphatic rings. The molecule has 0 bridgehead atoms. The number of fused-ring (bicyclic) bond motifs is 1. The highest BCUT2D eigenvalue weighted by Crippen LogP contribution is 2.44. The van der Waals surface area contributed by atoms with Gasteiger partial charge in [-0.1, -0.05) is 23.7 Å². The fourth-order valence-corrected chi connectivity index (χ4v) is 4.90. The Morgan fingerprint density at radius 3 is 2.57 bits per heavy atom. The zero-order valence-electron chi connectivity index (χ0n) is 16.9. The lowest BCUT2D eigenvalue weighted by Crippen LogP contribution is -2.15. The van der Waals surface area contributed by atoms with Crippen LogP contribution in [0.1, 0.15) is 50.6 Å². The molecule has 0 saturated heterocycles. The fraction of sp³-hybridized carbons (Fsp3) is 0.429. The van der Waals surface area contributed by atoms with Crippen molar-refractivity contribution in [1.29, 1.82) is 0 Å². The van der Waals surface area contributed by atoms with E-state index in [9.17, 15) is 0 Å². The van der Waals surface area contributed by atoms with Gasteiger partial charge in [0.05, 0.1) is 12.5 Å². The first-order chi connectivity index (χ1) is 14.1. The number of methoxy groups -OCH3 is 1. The first-order valence-corrected chi connectivity index (χ1v) is 11.1. The second-order valence-electron chi connectivity index (χ2n) is 7.80. The summed E-state index contributed by atoms with van der Waals surface area (Å²) in [6.07, 6.45) is 5.29. The maximum atomic E-state index is 8.08. The third kappa shape index (κ3) is 5.65. The molecule has 4 rings (SSSR count). The van der Waals surface area contributed by atoms with Crippen molar-refractivity contribution in [2.24, 2.45) is 0 Å². The number of rotatable bonds is 3. The quantitative estimate of drug-likeness (QED) is 0.264. The molecule has 162 valence electrons. The van der Waals surface area contributed by atoms with Crippen LogP contribution in [-0.2, 0) is 0 Å². The van der Waals surface area contributed by atoms with E-state index in [0.717, 1.165) is 40.5 Å². The normalized spacial score (nSPS) is 18.9. The first kappa shape index (κ1) is 23.3. The average Bonchev–Trinajstić information content (AvgIpc) is 3.25. The van der Waals surface area contributed by atoms with Crippen molar-refractivity contribution in [3.63, 3.8) is 0 Å². The van der Waals surface area contributed by atoms with Crippen LogP contribution in [0.25, 0.3) is 11.0 Å². The van der Waals surface area contributed by atoms with E-state index in [1.165, 1.54) is 19.4 Å². The minimum Gasteiger partial charge on any atom is -0.497 e. The van der Waals surface area contributed by atoms with Crippen molar-refractivity contribution < 1.29 is 14.9 Å². The molecule has 2 atom stereocenters. The van der Waals surface area contributed by atoms with Gasteiger partial charge in [0.25, 0.3) is 0 Å². The van der Waals surface area contributed by atoms with Crippen molar-refractivity contribution in [1.82, 2.24) is 14.5 Å². The molecular weight excluding hydrogens is 493 g/mol. The van der Waals surface area contributed by atoms with Crippen LogP contribution in [0.4, 0.5) is 0 Å². The van der Waals surface area contributed by atoms with Gasteiger partial charge in [-0.15, -0.1) is 0 Å². The number of hydrogen-bond acceptors (Lipinski definition) is 5. The number of aliphatic hydroxyl groups is 2. The van der Waals surface area contributed by atoms with Crippen LogP contribution in [0.3, 0.4) is 0 Å². The summed E-state index contributed by atoms with van der Waals surface area (Å²) in [6.45, 7) is 2.60. The van der Waals surface area contributed by atoms with Crippen LogP contribution in [0.5, 0.6) is 5.75 Å². The molecule has 6 nitrogen and oxygen atoms in total. The van der Waals surface area contributed by atoms with Gasteiger partial charge in [0.1, 0.15) is 16.5 Å². The molecule has 0 radical (unpaired) electrons. The predicted molar refractivity (Wildman–Crippen MR) is 122 cm³/mol. The number of ether oxygens (including phenoxy) is 1. The molecule has 2 heterocycles. The summed E-state index contributed by atoms with van der Waals surface area (Å²) in [5.41, 5.74) is 2.11. The Morgan fingerprint density at radius 1 is 1.20 bits per heavy atom. The molecule has 1 fully saturated rings. The Bertz CT molecular complexity index is 1030. The van der Waals surface area contributed by atoms with E-state index in [-0.39, 0.29) is 5.28 Å². The maximum Gasteiger partial charge on any atom is 0.225 e. The van der Waals surface area contributed by atoms with Crippen molar-refractivity contribution in [3.8, 4) is 5.75 Å². The lowest BCUT2D eigenvalue weighted by molar-refractivity contribution is -0.127. The minimum atomic E-state index is -1.50. The predicted octanol–water partition coefficient (Wildman–Crippen LogP) is 5.73. The number of aromatic nitrogens is 3. The number of nitrogens with zero attached hydrogens (tertiary/aromatic N) is 3. The standard InChI is InChI=1S/C18H16BrCl2N3O.C3H8O2/c1-25-13-4-2-3-10(8-13)11-5-6-12(7-11)24-9-14(19)15-16(20)22-18(21)23-17(15)24;1-3(2,4)5/h2-4,8-9,11-12H,5-7H2,1H3;4-5H,1-2H3. The molecule has 3 aromatic rings. The third-order valence-corrected chi connectivity index (χ3v) is 5.96. The van der Waals surface area contributed by atoms with Gasteiger partial charge in [-0.05, 0) is 84.3 Å². The second kappa shape index (κ2) is 9.40. The van der Waals surface area contributed by atoms with Crippen molar-refractivity contribution >= 4 is 50.2 Å². The average molecular weight is 517 g/mol. The molecular formula is C21H24BrCl2N3O3. The number of benzene rings is 1. The van der Waals surface area contributed by atoms with Crippen molar-refractivity contribution in [3.05, 3.63) is 50.9 Å². The van der Waals surface area contributed by atoms with Gasteiger partial charge in [-0.25, -0.2) is 4.98 Å². The van der Waals surface area contributed by atoms with Gasteiger partial charge < -0.3 is 19.5 Å². The summed E-state index contributed by atoms with van der Waals surface area (Å²) in [5.74, 6) is -0.0921. The molecule has 2 N–H and O–H groups in total. The Labute approximate surface area is 193 Å². The van der Waals surface area contributed by atoms with Gasteiger partial charge in [0.15, 0.2) is 5.79 Å². The molecule has 0 aliphatic heterocycles. The molecule has 2 aromatic heterocycles. The van der Waals surface area contributed by atoms with Crippen LogP contribution in [-0.4, -0.2) is 37.6 Å². The Kier molecular flexibility index (Phi) is 7.30. The molecule has 1 saturated carbocycles. The molecule has 0 spiro atoms. The summed E-state index contributed by atoms with van der Waals surface area (Å²) in [6, 6.07) is 8.69. The van der Waals surface area contributed by atoms with Crippen LogP contribution in [0.2, 0.25) is 10.4 Å². The van der Waals surface area contributed by atoms with Crippen LogP contribution in [0.15, 0.2) is 34.9 Å². The molecule has 9 heteroatoms. The summed E-state index contributed by atoms with van der Waals surface area (Å²) in [7, 11) is 1.70. The first-order valence-electron chi connectivity index (χ1n) is 9.54. The lowest BCUT2D eigenvalue weighted by atomic mass is 9.97. The zero-order chi connectivity index (χ0) is 22.1. The SMILES string of the molecule is CC(C)(O)O.COc1cccc(C2CCC(n3cc(Br)c4c(Cl)nc(Cl)nc43)C2)c1. The minimum absolute atomic E-state index is 0.173. The van der Waals surface area contributed by atoms with Crippen LogP contribution >= 0.6 is 39.1 Å². The van der Waals surface area contributed by atoms with E-state index in [1.807, 2.05) is 12.3 Å². The maximum absolute atomic E-state index is 8.08. The Hall–Kier alpha value is -1.38. The largest absolute Gasteiger partial charge is 0.497 e. The van der Waals surface area contributed by atoms with Crippen molar-refractivity contribution in [2.45, 2.75) is 50.9 Å². The van der Waals surface area contributed by atoms with Gasteiger partial charge in [-0.2, -0.15) is 4.98 Å². The third-order valence-electron chi connectivity index (χ3n) is 4.92. The topological polar surface area (TPSA) is 80.4 Å². The number of halogens is 3. The molecule has 2 unspecified atom stereocenters. The Morgan fingerprint density at radius 2 is 1.90 bits per heavy atom. The van der Waals surface area contributed by atoms with E-state index in [2.05, 4.69) is 48.7 Å². The Balaban J connectivity index is 0.000000461. The second-order valence-corrected chi connectivity index (χ2v) is 9.35. The highest BCUT2D eigenvalue weighted by Gasteiger charge is 2.29. The van der Waals surface area contributed by atoms with E-state index in [1.54, 1.807) is 7.11 Å². The number of hydrogen-bond donors (Lipinski definition) is 2. The van der Waals surface area contributed by atoms with Gasteiger partial charge in [-0.3, -0.25) is 0 Å². The fourth-order valence-electron chi connectivity index (χ4n) is 3.72. The van der Waals surface area contributed by atoms with E-state index in [0.29, 0.717) is 17.1 Å². The monoisotopic (exact) mass is 515 g/mol. The molecule has 0 amide bonds.